The minimum Gasteiger partial charge on any atom is -0.462 e. The molecule has 1 rings (SSSR count). The molecule has 6 unspecified atom stereocenters. The van der Waals surface area contributed by atoms with Gasteiger partial charge in [0.1, 0.15) is 18.8 Å². The van der Waals surface area contributed by atoms with E-state index in [4.69, 9.17) is 28.4 Å². The van der Waals surface area contributed by atoms with Gasteiger partial charge in [0.25, 0.3) is 0 Å². The number of aliphatic hydroxyl groups is 1. The Hall–Kier alpha value is -2.24. The number of methoxy groups -OCH3 is 1. The van der Waals surface area contributed by atoms with Crippen LogP contribution in [0.5, 0.6) is 0 Å². The van der Waals surface area contributed by atoms with Crippen LogP contribution in [0.2, 0.25) is 0 Å². The predicted molar refractivity (Wildman–Crippen MR) is 85.0 cm³/mol. The summed E-state index contributed by atoms with van der Waals surface area (Å²) in [5.41, 5.74) is 0. The molecule has 0 aliphatic carbocycles. The van der Waals surface area contributed by atoms with Crippen molar-refractivity contribution in [2.24, 2.45) is 0 Å². The van der Waals surface area contributed by atoms with E-state index in [0.717, 1.165) is 27.7 Å². The molecule has 0 aromatic heterocycles. The van der Waals surface area contributed by atoms with Gasteiger partial charge in [-0.15, -0.1) is 0 Å². The Labute approximate surface area is 155 Å². The summed E-state index contributed by atoms with van der Waals surface area (Å²) in [7, 11) is 1.24. The van der Waals surface area contributed by atoms with E-state index >= 15 is 0 Å². The van der Waals surface area contributed by atoms with Gasteiger partial charge in [0.15, 0.2) is 24.6 Å². The minimum absolute atomic E-state index is 0.436. The van der Waals surface area contributed by atoms with Gasteiger partial charge in [0.05, 0.1) is 0 Å². The van der Waals surface area contributed by atoms with Crippen LogP contribution in [0.25, 0.3) is 0 Å². The lowest BCUT2D eigenvalue weighted by molar-refractivity contribution is -0.308. The van der Waals surface area contributed by atoms with E-state index in [0.29, 0.717) is 0 Å². The molecule has 11 heteroatoms. The number of esters is 4. The van der Waals surface area contributed by atoms with Crippen LogP contribution in [0.15, 0.2) is 0 Å². The topological polar surface area (TPSA) is 144 Å². The van der Waals surface area contributed by atoms with Gasteiger partial charge in [-0.05, 0) is 0 Å². The third kappa shape index (κ3) is 6.77. The lowest BCUT2D eigenvalue weighted by atomic mass is 9.94. The number of ether oxygens (including phenoxy) is 6. The lowest BCUT2D eigenvalue weighted by Crippen LogP contribution is -2.64. The largest absolute Gasteiger partial charge is 0.462 e. The number of aliphatic hydroxyl groups excluding tert-OH is 1. The molecule has 11 nitrogen and oxygen atoms in total. The van der Waals surface area contributed by atoms with Crippen molar-refractivity contribution < 1.29 is 52.7 Å². The molecular formula is C16H24O11. The first-order valence-corrected chi connectivity index (χ1v) is 8.08. The minimum atomic E-state index is -1.61. The standard InChI is InChI=1S/C16H24O11/c1-7(17)23-6-11(24-8(2)18)12-13(25-9(3)19)14(26-10(4)20)15(22-5)16(21)27-12/h11-16,21H,6H2,1-5H3. The van der Waals surface area contributed by atoms with Crippen LogP contribution >= 0.6 is 0 Å². The van der Waals surface area contributed by atoms with E-state index in [1.54, 1.807) is 0 Å². The first-order chi connectivity index (χ1) is 12.6. The summed E-state index contributed by atoms with van der Waals surface area (Å²) in [6.07, 6.45) is -7.91. The molecule has 1 heterocycles. The molecule has 27 heavy (non-hydrogen) atoms. The first kappa shape index (κ1) is 22.8. The fraction of sp³-hybridized carbons (Fsp3) is 0.750. The Morgan fingerprint density at radius 3 is 1.89 bits per heavy atom. The number of carbonyl (C=O) groups is 4. The molecule has 0 aromatic carbocycles. The second kappa shape index (κ2) is 10.2. The average Bonchev–Trinajstić information content (AvgIpc) is 2.52. The van der Waals surface area contributed by atoms with E-state index < -0.39 is 67.3 Å². The van der Waals surface area contributed by atoms with E-state index in [1.165, 1.54) is 7.11 Å². The van der Waals surface area contributed by atoms with Gasteiger partial charge in [-0.2, -0.15) is 0 Å². The molecule has 1 saturated heterocycles. The SMILES string of the molecule is COC1C(O)OC(C(COC(C)=O)OC(C)=O)C(OC(C)=O)C1OC(C)=O. The molecular weight excluding hydrogens is 368 g/mol. The van der Waals surface area contributed by atoms with Crippen molar-refractivity contribution in [3.8, 4) is 0 Å². The van der Waals surface area contributed by atoms with Crippen LogP contribution < -0.4 is 0 Å². The van der Waals surface area contributed by atoms with Gasteiger partial charge in [-0.1, -0.05) is 0 Å². The monoisotopic (exact) mass is 392 g/mol. The highest BCUT2D eigenvalue weighted by molar-refractivity contribution is 5.68. The number of hydrogen-bond donors (Lipinski definition) is 1. The molecule has 1 N–H and O–H groups in total. The summed E-state index contributed by atoms with van der Waals surface area (Å²) in [4.78, 5) is 45.6. The molecule has 0 spiro atoms. The van der Waals surface area contributed by atoms with Crippen LogP contribution in [0.3, 0.4) is 0 Å². The van der Waals surface area contributed by atoms with Crippen molar-refractivity contribution in [2.45, 2.75) is 64.5 Å². The zero-order chi connectivity index (χ0) is 20.7. The second-order valence-electron chi connectivity index (χ2n) is 5.79. The summed E-state index contributed by atoms with van der Waals surface area (Å²) in [5.74, 6) is -2.86. The van der Waals surface area contributed by atoms with Gasteiger partial charge in [0, 0.05) is 34.8 Å². The van der Waals surface area contributed by atoms with Gasteiger partial charge < -0.3 is 33.5 Å². The van der Waals surface area contributed by atoms with Gasteiger partial charge >= 0.3 is 23.9 Å². The summed E-state index contributed by atoms with van der Waals surface area (Å²) >= 11 is 0. The maximum absolute atomic E-state index is 11.6. The van der Waals surface area contributed by atoms with Crippen molar-refractivity contribution in [3.05, 3.63) is 0 Å². The van der Waals surface area contributed by atoms with Crippen molar-refractivity contribution in [1.82, 2.24) is 0 Å². The molecule has 154 valence electrons. The fourth-order valence-corrected chi connectivity index (χ4v) is 2.66. The van der Waals surface area contributed by atoms with Crippen LogP contribution in [0.1, 0.15) is 27.7 Å². The Kier molecular flexibility index (Phi) is 8.60. The predicted octanol–water partition coefficient (Wildman–Crippen LogP) is -0.923. The number of carbonyl (C=O) groups excluding carboxylic acids is 4. The summed E-state index contributed by atoms with van der Waals surface area (Å²) in [6.45, 7) is 4.06. The van der Waals surface area contributed by atoms with Crippen molar-refractivity contribution in [1.29, 1.82) is 0 Å². The van der Waals surface area contributed by atoms with Gasteiger partial charge in [-0.3, -0.25) is 19.2 Å². The summed E-state index contributed by atoms with van der Waals surface area (Å²) in [5, 5.41) is 10.2. The zero-order valence-corrected chi connectivity index (χ0v) is 15.7. The number of hydrogen-bond acceptors (Lipinski definition) is 11. The molecule has 6 atom stereocenters. The van der Waals surface area contributed by atoms with Crippen molar-refractivity contribution in [2.75, 3.05) is 13.7 Å². The van der Waals surface area contributed by atoms with E-state index in [1.807, 2.05) is 0 Å². The van der Waals surface area contributed by atoms with Crippen LogP contribution in [0, 0.1) is 0 Å². The molecule has 0 amide bonds. The highest BCUT2D eigenvalue weighted by Gasteiger charge is 2.53. The maximum atomic E-state index is 11.6. The molecule has 1 aliphatic heterocycles. The molecule has 0 bridgehead atoms. The fourth-order valence-electron chi connectivity index (χ4n) is 2.66. The Balaban J connectivity index is 3.26. The van der Waals surface area contributed by atoms with E-state index in [9.17, 15) is 24.3 Å². The van der Waals surface area contributed by atoms with Crippen molar-refractivity contribution >= 4 is 23.9 Å². The maximum Gasteiger partial charge on any atom is 0.303 e. The highest BCUT2D eigenvalue weighted by Crippen LogP contribution is 2.30. The van der Waals surface area contributed by atoms with Gasteiger partial charge in [-0.25, -0.2) is 0 Å². The van der Waals surface area contributed by atoms with Crippen molar-refractivity contribution in [3.63, 3.8) is 0 Å². The summed E-state index contributed by atoms with van der Waals surface area (Å²) in [6, 6.07) is 0. The zero-order valence-electron chi connectivity index (χ0n) is 15.7. The lowest BCUT2D eigenvalue weighted by Gasteiger charge is -2.44. The Morgan fingerprint density at radius 2 is 1.44 bits per heavy atom. The number of rotatable bonds is 7. The molecule has 1 aliphatic rings. The average molecular weight is 392 g/mol. The van der Waals surface area contributed by atoms with E-state index in [-0.39, 0.29) is 0 Å². The van der Waals surface area contributed by atoms with E-state index in [2.05, 4.69) is 0 Å². The third-order valence-electron chi connectivity index (χ3n) is 3.56. The molecule has 0 aromatic rings. The van der Waals surface area contributed by atoms with Crippen LogP contribution in [-0.2, 0) is 47.6 Å². The van der Waals surface area contributed by atoms with Crippen LogP contribution in [-0.4, -0.2) is 79.5 Å². The van der Waals surface area contributed by atoms with Crippen LogP contribution in [0.4, 0.5) is 0 Å². The third-order valence-corrected chi connectivity index (χ3v) is 3.56. The second-order valence-corrected chi connectivity index (χ2v) is 5.79. The Bertz CT molecular complexity index is 561. The Morgan fingerprint density at radius 1 is 0.889 bits per heavy atom. The molecule has 0 saturated carbocycles. The first-order valence-electron chi connectivity index (χ1n) is 8.08. The van der Waals surface area contributed by atoms with Gasteiger partial charge in [0.2, 0.25) is 0 Å². The summed E-state index contributed by atoms with van der Waals surface area (Å²) < 4.78 is 30.8. The smallest absolute Gasteiger partial charge is 0.303 e. The molecule has 1 fully saturated rings. The highest BCUT2D eigenvalue weighted by atomic mass is 16.7. The molecule has 0 radical (unpaired) electrons. The normalized spacial score (nSPS) is 28.6. The quantitative estimate of drug-likeness (QED) is 0.424.